The van der Waals surface area contributed by atoms with Crippen molar-refractivity contribution in [2.45, 2.75) is 174 Å². The van der Waals surface area contributed by atoms with Gasteiger partial charge in [0.15, 0.2) is 30.6 Å². The number of aliphatic carboxylic acids is 3. The van der Waals surface area contributed by atoms with Crippen molar-refractivity contribution in [1.29, 1.82) is 0 Å². The third-order valence-electron chi connectivity index (χ3n) is 17.2. The predicted octanol–water partition coefficient (Wildman–Crippen LogP) is 2.25. The number of allylic oxidation sites excluding steroid dienone is 2. The molecule has 16 nitrogen and oxygen atoms in total. The quantitative estimate of drug-likeness (QED) is 0.171. The summed E-state index contributed by atoms with van der Waals surface area (Å²) < 4.78 is 23.4. The van der Waals surface area contributed by atoms with Crippen LogP contribution in [0, 0.1) is 50.2 Å². The van der Waals surface area contributed by atoms with Gasteiger partial charge in [0, 0.05) is 5.92 Å². The van der Waals surface area contributed by atoms with E-state index in [9.17, 15) is 60.0 Å². The van der Waals surface area contributed by atoms with Crippen LogP contribution in [-0.2, 0) is 38.1 Å². The Hall–Kier alpha value is -2.54. The highest BCUT2D eigenvalue weighted by Crippen LogP contribution is 2.75. The van der Waals surface area contributed by atoms with Crippen molar-refractivity contribution in [3.63, 3.8) is 0 Å². The predicted molar refractivity (Wildman–Crippen MR) is 199 cm³/mol. The van der Waals surface area contributed by atoms with Crippen LogP contribution in [0.15, 0.2) is 11.6 Å². The average Bonchev–Trinajstić information content (AvgIpc) is 3.13. The second kappa shape index (κ2) is 14.3. The van der Waals surface area contributed by atoms with Crippen LogP contribution in [0.3, 0.4) is 0 Å². The van der Waals surface area contributed by atoms with E-state index in [1.807, 2.05) is 26.8 Å². The summed E-state index contributed by atoms with van der Waals surface area (Å²) in [6.45, 7) is 14.8. The van der Waals surface area contributed by atoms with Crippen molar-refractivity contribution in [2.75, 3.05) is 0 Å². The lowest BCUT2D eigenvalue weighted by Crippen LogP contribution is -2.68. The van der Waals surface area contributed by atoms with Crippen molar-refractivity contribution < 1.29 is 79.0 Å². The maximum Gasteiger partial charge on any atom is 0.335 e. The molecule has 16 heteroatoms. The van der Waals surface area contributed by atoms with Crippen molar-refractivity contribution >= 4 is 23.7 Å². The van der Waals surface area contributed by atoms with E-state index in [1.54, 1.807) is 0 Å². The number of carboxylic acids is 3. The summed E-state index contributed by atoms with van der Waals surface area (Å²) >= 11 is 0. The molecule has 7 aliphatic rings. The molecule has 0 radical (unpaired) electrons. The first-order valence-electron chi connectivity index (χ1n) is 20.7. The second-order valence-corrected chi connectivity index (χ2v) is 20.6. The lowest BCUT2D eigenvalue weighted by atomic mass is 9.33. The Kier molecular flexibility index (Phi) is 10.7. The van der Waals surface area contributed by atoms with Crippen molar-refractivity contribution in [3.8, 4) is 0 Å². The maximum atomic E-state index is 14.8. The molecule has 58 heavy (non-hydrogen) atoms. The zero-order valence-electron chi connectivity index (χ0n) is 34.4. The van der Waals surface area contributed by atoms with Gasteiger partial charge in [0.2, 0.25) is 0 Å². The molecule has 2 aliphatic heterocycles. The molecule has 2 saturated heterocycles. The first kappa shape index (κ1) is 43.5. The van der Waals surface area contributed by atoms with Crippen molar-refractivity contribution in [1.82, 2.24) is 0 Å². The average molecular weight is 823 g/mol. The molecule has 8 N–H and O–H groups in total. The normalized spacial score (nSPS) is 52.6. The Morgan fingerprint density at radius 3 is 1.88 bits per heavy atom. The molecule has 4 saturated carbocycles. The van der Waals surface area contributed by atoms with Crippen LogP contribution in [0.2, 0.25) is 0 Å². The van der Waals surface area contributed by atoms with E-state index in [0.717, 1.165) is 37.7 Å². The van der Waals surface area contributed by atoms with Gasteiger partial charge in [-0.05, 0) is 110 Å². The topological polar surface area (TPSA) is 267 Å². The van der Waals surface area contributed by atoms with Crippen LogP contribution < -0.4 is 0 Å². The van der Waals surface area contributed by atoms with Crippen molar-refractivity contribution in [3.05, 3.63) is 11.6 Å². The van der Waals surface area contributed by atoms with Gasteiger partial charge >= 0.3 is 17.9 Å². The summed E-state index contributed by atoms with van der Waals surface area (Å²) in [6.07, 6.45) is -12.2. The third kappa shape index (κ3) is 6.25. The number of hydrogen-bond donors (Lipinski definition) is 8. The van der Waals surface area contributed by atoms with Gasteiger partial charge in [-0.2, -0.15) is 0 Å². The number of carboxylic acid groups (broad SMARTS) is 3. The van der Waals surface area contributed by atoms with E-state index in [1.165, 1.54) is 0 Å². The number of hydrogen-bond acceptors (Lipinski definition) is 13. The lowest BCUT2D eigenvalue weighted by Gasteiger charge is -2.70. The van der Waals surface area contributed by atoms with Crippen LogP contribution in [0.25, 0.3) is 0 Å². The lowest BCUT2D eigenvalue weighted by molar-refractivity contribution is -0.371. The maximum absolute atomic E-state index is 14.8. The number of rotatable bonds is 7. The molecule has 0 bridgehead atoms. The first-order chi connectivity index (χ1) is 26.8. The SMILES string of the molecule is CC1(C)[C@@H](O[C@H]2O[C@@H](C(=O)O)[C@H](O)[C@@H](O)[C@@H]2O[C@@H]2O[C@H](C(=O)O)[C@H](O)[C@@H](O)[C@@H]2O)CC[C@@]2(C)[C@@H]1CC[C@]1(C)[C@@H]2C(=O)C=C2[C@@H]3C[C@@](C)(C(=O)O)CC[C@]3(C)CC[C@]21C. The summed E-state index contributed by atoms with van der Waals surface area (Å²) in [6, 6.07) is 0. The molecule has 6 fully saturated rings. The van der Waals surface area contributed by atoms with Gasteiger partial charge in [0.1, 0.15) is 36.6 Å². The summed E-state index contributed by atoms with van der Waals surface area (Å²) in [7, 11) is 0. The molecule has 326 valence electrons. The molecule has 0 unspecified atom stereocenters. The van der Waals surface area contributed by atoms with E-state index in [2.05, 4.69) is 27.7 Å². The molecular formula is C42H62O16. The van der Waals surface area contributed by atoms with Crippen LogP contribution in [0.1, 0.15) is 106 Å². The molecule has 19 atom stereocenters. The zero-order valence-corrected chi connectivity index (χ0v) is 34.4. The highest BCUT2D eigenvalue weighted by Gasteiger charge is 2.71. The Labute approximate surface area is 337 Å². The van der Waals surface area contributed by atoms with Gasteiger partial charge in [0.25, 0.3) is 0 Å². The fourth-order valence-corrected chi connectivity index (χ4v) is 13.4. The monoisotopic (exact) mass is 822 g/mol. The van der Waals surface area contributed by atoms with Gasteiger partial charge in [0.05, 0.1) is 11.5 Å². The minimum Gasteiger partial charge on any atom is -0.481 e. The number of ketones is 1. The van der Waals surface area contributed by atoms with E-state index < -0.39 is 107 Å². The molecule has 0 spiro atoms. The summed E-state index contributed by atoms with van der Waals surface area (Å²) in [4.78, 5) is 51.3. The Morgan fingerprint density at radius 1 is 0.690 bits per heavy atom. The van der Waals surface area contributed by atoms with Gasteiger partial charge in [-0.1, -0.05) is 47.1 Å². The Bertz CT molecular complexity index is 1730. The zero-order chi connectivity index (χ0) is 42.9. The van der Waals surface area contributed by atoms with Crippen LogP contribution in [-0.4, -0.2) is 132 Å². The number of aliphatic hydroxyl groups is 5. The largest absolute Gasteiger partial charge is 0.481 e. The second-order valence-electron chi connectivity index (χ2n) is 20.6. The molecule has 0 aromatic heterocycles. The summed E-state index contributed by atoms with van der Waals surface area (Å²) in [5.74, 6) is -4.47. The number of ether oxygens (including phenoxy) is 4. The minimum absolute atomic E-state index is 0.0217. The van der Waals surface area contributed by atoms with E-state index in [0.29, 0.717) is 25.7 Å². The van der Waals surface area contributed by atoms with Crippen LogP contribution in [0.5, 0.6) is 0 Å². The number of aliphatic hydroxyl groups excluding tert-OH is 5. The molecule has 0 amide bonds. The van der Waals surface area contributed by atoms with Gasteiger partial charge in [-0.3, -0.25) is 9.59 Å². The highest BCUT2D eigenvalue weighted by molar-refractivity contribution is 5.95. The van der Waals surface area contributed by atoms with Crippen LogP contribution >= 0.6 is 0 Å². The van der Waals surface area contributed by atoms with Gasteiger partial charge < -0.3 is 59.8 Å². The standard InChI is InChI=1S/C42H62O16/c1-37(2)21-8-11-42(7)31(20(43)16-18-19-17-39(4,36(53)54)13-12-38(19,3)14-15-41(18,42)6)40(21,5)10-9-22(37)55-35-30(26(47)25(46)29(57-35)33(51)52)58-34-27(48)23(44)24(45)28(56-34)32(49)50/h16,19,21-31,34-35,44-48H,8-15,17H2,1-7H3,(H,49,50)(H,51,52)(H,53,54)/t19-,21+,22-,23+,24+,25+,26+,27-,28-,29+,30-,31+,34-,35-,38+,39-,40-,41+,42+/m0/s1. The molecule has 0 aromatic carbocycles. The summed E-state index contributed by atoms with van der Waals surface area (Å²) in [5, 5.41) is 83.0. The first-order valence-corrected chi connectivity index (χ1v) is 20.7. The molecule has 5 aliphatic carbocycles. The van der Waals surface area contributed by atoms with Crippen molar-refractivity contribution in [2.24, 2.45) is 50.2 Å². The highest BCUT2D eigenvalue weighted by atomic mass is 16.8. The number of carbonyl (C=O) groups is 4. The van der Waals surface area contributed by atoms with Crippen LogP contribution in [0.4, 0.5) is 0 Å². The fourth-order valence-electron chi connectivity index (χ4n) is 13.4. The minimum atomic E-state index is -2.05. The third-order valence-corrected chi connectivity index (χ3v) is 17.2. The number of carbonyl (C=O) groups excluding carboxylic acids is 1. The molecule has 0 aromatic rings. The van der Waals surface area contributed by atoms with Gasteiger partial charge in [-0.25, -0.2) is 9.59 Å². The van der Waals surface area contributed by atoms with Gasteiger partial charge in [-0.15, -0.1) is 0 Å². The van der Waals surface area contributed by atoms with E-state index >= 15 is 0 Å². The fraction of sp³-hybridized carbons (Fsp3) is 0.857. The molecular weight excluding hydrogens is 760 g/mol. The van der Waals surface area contributed by atoms with E-state index in [4.69, 9.17) is 18.9 Å². The molecule has 2 heterocycles. The molecule has 7 rings (SSSR count). The number of fused-ring (bicyclic) bond motifs is 7. The van der Waals surface area contributed by atoms with E-state index in [-0.39, 0.29) is 34.4 Å². The smallest absolute Gasteiger partial charge is 0.335 e. The Balaban J connectivity index is 1.17. The summed E-state index contributed by atoms with van der Waals surface area (Å²) in [5.41, 5.74) is -1.81. The Morgan fingerprint density at radius 2 is 1.28 bits per heavy atom.